The number of para-hydroxylation sites is 1. The molecule has 0 saturated carbocycles. The standard InChI is InChI=1S/C27H24Cl2N4O3/c1-4-32(3)26(34)18-8-7-9-19(15-18)31-25-24(36-20-12-13-21(28)17(2)14-20)16-30-33(27(25)35)23-11-6-5-10-22(23)29/h5-16,31H,4H2,1-3H3. The second kappa shape index (κ2) is 10.8. The average Bonchev–Trinajstić information content (AvgIpc) is 2.88. The number of hydrogen-bond donors (Lipinski definition) is 1. The summed E-state index contributed by atoms with van der Waals surface area (Å²) in [5.74, 6) is 0.565. The summed E-state index contributed by atoms with van der Waals surface area (Å²) >= 11 is 12.5. The van der Waals surface area contributed by atoms with E-state index >= 15 is 0 Å². The summed E-state index contributed by atoms with van der Waals surface area (Å²) in [5.41, 5.74) is 1.93. The van der Waals surface area contributed by atoms with Crippen molar-refractivity contribution in [1.29, 1.82) is 0 Å². The van der Waals surface area contributed by atoms with Crippen molar-refractivity contribution in [1.82, 2.24) is 14.7 Å². The molecule has 0 fully saturated rings. The fourth-order valence-corrected chi connectivity index (χ4v) is 3.81. The molecule has 9 heteroatoms. The quantitative estimate of drug-likeness (QED) is 0.300. The van der Waals surface area contributed by atoms with Gasteiger partial charge in [-0.25, -0.2) is 0 Å². The molecular weight excluding hydrogens is 499 g/mol. The summed E-state index contributed by atoms with van der Waals surface area (Å²) < 4.78 is 7.25. The normalized spacial score (nSPS) is 10.7. The summed E-state index contributed by atoms with van der Waals surface area (Å²) in [4.78, 5) is 27.9. The number of anilines is 2. The van der Waals surface area contributed by atoms with Crippen LogP contribution in [0.15, 0.2) is 77.7 Å². The van der Waals surface area contributed by atoms with E-state index in [0.29, 0.717) is 39.3 Å². The maximum atomic E-state index is 13.6. The van der Waals surface area contributed by atoms with E-state index in [-0.39, 0.29) is 17.3 Å². The SMILES string of the molecule is CCN(C)C(=O)c1cccc(Nc2c(Oc3ccc(Cl)c(C)c3)cnn(-c3ccccc3Cl)c2=O)c1. The molecule has 1 heterocycles. The lowest BCUT2D eigenvalue weighted by Crippen LogP contribution is -2.26. The minimum absolute atomic E-state index is 0.127. The highest BCUT2D eigenvalue weighted by Crippen LogP contribution is 2.31. The lowest BCUT2D eigenvalue weighted by Gasteiger charge is -2.17. The molecular formula is C27H24Cl2N4O3. The number of aryl methyl sites for hydroxylation is 1. The Balaban J connectivity index is 1.80. The number of aromatic nitrogens is 2. The molecule has 4 rings (SSSR count). The highest BCUT2D eigenvalue weighted by molar-refractivity contribution is 6.32. The first-order valence-electron chi connectivity index (χ1n) is 11.2. The van der Waals surface area contributed by atoms with E-state index in [1.54, 1.807) is 78.7 Å². The zero-order valence-corrected chi connectivity index (χ0v) is 21.5. The zero-order valence-electron chi connectivity index (χ0n) is 20.0. The van der Waals surface area contributed by atoms with Gasteiger partial charge in [0.2, 0.25) is 0 Å². The van der Waals surface area contributed by atoms with Gasteiger partial charge in [0.1, 0.15) is 5.75 Å². The highest BCUT2D eigenvalue weighted by Gasteiger charge is 2.18. The summed E-state index contributed by atoms with van der Waals surface area (Å²) in [7, 11) is 1.73. The van der Waals surface area contributed by atoms with E-state index in [0.717, 1.165) is 5.56 Å². The van der Waals surface area contributed by atoms with Gasteiger partial charge in [-0.05, 0) is 67.9 Å². The number of ether oxygens (including phenoxy) is 1. The summed E-state index contributed by atoms with van der Waals surface area (Å²) in [6.07, 6.45) is 1.44. The van der Waals surface area contributed by atoms with E-state index in [4.69, 9.17) is 27.9 Å². The predicted octanol–water partition coefficient (Wildman–Crippen LogP) is 6.48. The largest absolute Gasteiger partial charge is 0.453 e. The van der Waals surface area contributed by atoms with E-state index in [2.05, 4.69) is 10.4 Å². The summed E-state index contributed by atoms with van der Waals surface area (Å²) in [5, 5.41) is 8.40. The van der Waals surface area contributed by atoms with Gasteiger partial charge in [0, 0.05) is 29.9 Å². The van der Waals surface area contributed by atoms with Gasteiger partial charge >= 0.3 is 0 Å². The van der Waals surface area contributed by atoms with Crippen LogP contribution in [-0.2, 0) is 0 Å². The van der Waals surface area contributed by atoms with Gasteiger partial charge in [-0.3, -0.25) is 9.59 Å². The van der Waals surface area contributed by atoms with Crippen LogP contribution in [0.25, 0.3) is 5.69 Å². The zero-order chi connectivity index (χ0) is 25.8. The van der Waals surface area contributed by atoms with Crippen LogP contribution in [0.2, 0.25) is 10.0 Å². The van der Waals surface area contributed by atoms with Crippen molar-refractivity contribution in [3.05, 3.63) is 104 Å². The molecule has 7 nitrogen and oxygen atoms in total. The Morgan fingerprint density at radius 1 is 1.06 bits per heavy atom. The topological polar surface area (TPSA) is 76.5 Å². The predicted molar refractivity (Wildman–Crippen MR) is 143 cm³/mol. The molecule has 3 aromatic carbocycles. The third-order valence-electron chi connectivity index (χ3n) is 5.58. The number of benzene rings is 3. The van der Waals surface area contributed by atoms with Crippen LogP contribution >= 0.6 is 23.2 Å². The number of carbonyl (C=O) groups is 1. The molecule has 0 bridgehead atoms. The monoisotopic (exact) mass is 522 g/mol. The minimum atomic E-state index is -0.478. The summed E-state index contributed by atoms with van der Waals surface area (Å²) in [6, 6.07) is 19.0. The third kappa shape index (κ3) is 5.37. The molecule has 0 aliphatic carbocycles. The Morgan fingerprint density at radius 2 is 1.83 bits per heavy atom. The minimum Gasteiger partial charge on any atom is -0.453 e. The van der Waals surface area contributed by atoms with Crippen molar-refractivity contribution in [2.45, 2.75) is 13.8 Å². The molecule has 4 aromatic rings. The van der Waals surface area contributed by atoms with Crippen molar-refractivity contribution < 1.29 is 9.53 Å². The summed E-state index contributed by atoms with van der Waals surface area (Å²) in [6.45, 7) is 4.33. The Bertz CT molecular complexity index is 1490. The lowest BCUT2D eigenvalue weighted by atomic mass is 10.1. The molecule has 36 heavy (non-hydrogen) atoms. The number of halogens is 2. The molecule has 0 aliphatic rings. The van der Waals surface area contributed by atoms with Crippen molar-refractivity contribution in [3.63, 3.8) is 0 Å². The van der Waals surface area contributed by atoms with Gasteiger partial charge in [0.25, 0.3) is 11.5 Å². The van der Waals surface area contributed by atoms with E-state index < -0.39 is 5.56 Å². The fourth-order valence-electron chi connectivity index (χ4n) is 3.47. The molecule has 1 aromatic heterocycles. The Labute approximate surface area is 218 Å². The molecule has 0 atom stereocenters. The van der Waals surface area contributed by atoms with Crippen molar-refractivity contribution >= 4 is 40.5 Å². The Morgan fingerprint density at radius 3 is 2.56 bits per heavy atom. The maximum absolute atomic E-state index is 13.6. The molecule has 1 amide bonds. The molecule has 0 aliphatic heterocycles. The average molecular weight is 523 g/mol. The second-order valence-corrected chi connectivity index (χ2v) is 8.90. The van der Waals surface area contributed by atoms with Crippen LogP contribution in [0.3, 0.4) is 0 Å². The van der Waals surface area contributed by atoms with Crippen LogP contribution in [-0.4, -0.2) is 34.2 Å². The maximum Gasteiger partial charge on any atom is 0.299 e. The van der Waals surface area contributed by atoms with E-state index in [1.165, 1.54) is 10.9 Å². The van der Waals surface area contributed by atoms with Crippen LogP contribution in [0.5, 0.6) is 11.5 Å². The second-order valence-electron chi connectivity index (χ2n) is 8.09. The van der Waals surface area contributed by atoms with E-state index in [9.17, 15) is 9.59 Å². The van der Waals surface area contributed by atoms with Crippen LogP contribution in [0, 0.1) is 6.92 Å². The van der Waals surface area contributed by atoms with Gasteiger partial charge in [0.15, 0.2) is 11.4 Å². The number of amides is 1. The Kier molecular flexibility index (Phi) is 7.62. The van der Waals surface area contributed by atoms with Gasteiger partial charge in [-0.1, -0.05) is 41.4 Å². The van der Waals surface area contributed by atoms with Gasteiger partial charge in [-0.2, -0.15) is 9.78 Å². The van der Waals surface area contributed by atoms with Gasteiger partial charge in [0.05, 0.1) is 16.9 Å². The molecule has 184 valence electrons. The molecule has 0 unspecified atom stereocenters. The number of hydrogen-bond acceptors (Lipinski definition) is 5. The van der Waals surface area contributed by atoms with Crippen LogP contribution < -0.4 is 15.6 Å². The number of carbonyl (C=O) groups excluding carboxylic acids is 1. The Hall–Kier alpha value is -3.81. The molecule has 0 saturated heterocycles. The smallest absolute Gasteiger partial charge is 0.299 e. The number of nitrogens with zero attached hydrogens (tertiary/aromatic N) is 3. The fraction of sp³-hybridized carbons (Fsp3) is 0.148. The lowest BCUT2D eigenvalue weighted by molar-refractivity contribution is 0.0802. The first-order chi connectivity index (χ1) is 17.3. The highest BCUT2D eigenvalue weighted by atomic mass is 35.5. The van der Waals surface area contributed by atoms with Crippen molar-refractivity contribution in [2.24, 2.45) is 0 Å². The molecule has 1 N–H and O–H groups in total. The van der Waals surface area contributed by atoms with Gasteiger partial charge in [-0.15, -0.1) is 0 Å². The van der Waals surface area contributed by atoms with Gasteiger partial charge < -0.3 is 15.0 Å². The molecule has 0 radical (unpaired) electrons. The number of rotatable bonds is 7. The third-order valence-corrected chi connectivity index (χ3v) is 6.32. The van der Waals surface area contributed by atoms with E-state index in [1.807, 2.05) is 13.8 Å². The molecule has 0 spiro atoms. The first-order valence-corrected chi connectivity index (χ1v) is 12.0. The number of nitrogens with one attached hydrogen (secondary N) is 1. The van der Waals surface area contributed by atoms with Crippen LogP contribution in [0.1, 0.15) is 22.8 Å². The van der Waals surface area contributed by atoms with Crippen LogP contribution in [0.4, 0.5) is 11.4 Å². The van der Waals surface area contributed by atoms with Crippen molar-refractivity contribution in [3.8, 4) is 17.2 Å². The first kappa shape index (κ1) is 25.3. The van der Waals surface area contributed by atoms with Crippen molar-refractivity contribution in [2.75, 3.05) is 18.9 Å².